The van der Waals surface area contributed by atoms with Gasteiger partial charge in [0, 0.05) is 18.5 Å². The molecule has 1 aromatic carbocycles. The fourth-order valence-corrected chi connectivity index (χ4v) is 4.18. The third kappa shape index (κ3) is 1.69. The number of hydrogen-bond acceptors (Lipinski definition) is 4. The van der Waals surface area contributed by atoms with Crippen molar-refractivity contribution in [3.05, 3.63) is 34.9 Å². The zero-order valence-electron chi connectivity index (χ0n) is 12.5. The van der Waals surface area contributed by atoms with Crippen molar-refractivity contribution in [2.45, 2.75) is 43.9 Å². The van der Waals surface area contributed by atoms with Gasteiger partial charge in [-0.1, -0.05) is 18.2 Å². The SMILES string of the molecule is COc1c(C)cc2c3c1O[C@H]1C[C@@H](O)C=C[C@@]31CCNC2. The van der Waals surface area contributed by atoms with Crippen molar-refractivity contribution in [3.63, 3.8) is 0 Å². The Labute approximate surface area is 124 Å². The Hall–Kier alpha value is -1.52. The normalized spacial score (nSPS) is 32.9. The molecule has 4 nitrogen and oxygen atoms in total. The van der Waals surface area contributed by atoms with E-state index < -0.39 is 6.10 Å². The van der Waals surface area contributed by atoms with Gasteiger partial charge in [0.2, 0.25) is 0 Å². The number of methoxy groups -OCH3 is 1. The summed E-state index contributed by atoms with van der Waals surface area (Å²) >= 11 is 0. The van der Waals surface area contributed by atoms with E-state index in [1.165, 1.54) is 11.1 Å². The van der Waals surface area contributed by atoms with E-state index in [4.69, 9.17) is 9.47 Å². The van der Waals surface area contributed by atoms with Crippen LogP contribution in [0.1, 0.15) is 29.5 Å². The third-order valence-electron chi connectivity index (χ3n) is 5.11. The molecule has 4 rings (SSSR count). The number of benzene rings is 1. The highest BCUT2D eigenvalue weighted by atomic mass is 16.5. The fourth-order valence-electron chi connectivity index (χ4n) is 4.18. The van der Waals surface area contributed by atoms with Crippen LogP contribution in [0.4, 0.5) is 0 Å². The number of aliphatic hydroxyl groups is 1. The van der Waals surface area contributed by atoms with E-state index in [2.05, 4.69) is 24.4 Å². The highest BCUT2D eigenvalue weighted by Crippen LogP contribution is 2.55. The predicted molar refractivity (Wildman–Crippen MR) is 79.9 cm³/mol. The van der Waals surface area contributed by atoms with E-state index >= 15 is 0 Å². The Morgan fingerprint density at radius 2 is 2.33 bits per heavy atom. The van der Waals surface area contributed by atoms with Gasteiger partial charge in [0.1, 0.15) is 6.10 Å². The van der Waals surface area contributed by atoms with E-state index in [-0.39, 0.29) is 11.5 Å². The molecule has 0 saturated carbocycles. The lowest BCUT2D eigenvalue weighted by molar-refractivity contribution is 0.0851. The second kappa shape index (κ2) is 4.49. The van der Waals surface area contributed by atoms with Crippen LogP contribution in [-0.4, -0.2) is 31.0 Å². The monoisotopic (exact) mass is 287 g/mol. The summed E-state index contributed by atoms with van der Waals surface area (Å²) in [5.41, 5.74) is 3.55. The Morgan fingerprint density at radius 3 is 3.14 bits per heavy atom. The lowest BCUT2D eigenvalue weighted by Crippen LogP contribution is -2.42. The van der Waals surface area contributed by atoms with Crippen LogP contribution in [0.5, 0.6) is 11.5 Å². The molecule has 0 aromatic heterocycles. The van der Waals surface area contributed by atoms with Crippen LogP contribution in [0.3, 0.4) is 0 Å². The number of aryl methyl sites for hydroxylation is 1. The Morgan fingerprint density at radius 1 is 1.48 bits per heavy atom. The molecule has 1 aromatic rings. The molecule has 0 saturated heterocycles. The van der Waals surface area contributed by atoms with Gasteiger partial charge in [-0.25, -0.2) is 0 Å². The topological polar surface area (TPSA) is 50.7 Å². The summed E-state index contributed by atoms with van der Waals surface area (Å²) in [5.74, 6) is 1.73. The molecule has 4 heteroatoms. The summed E-state index contributed by atoms with van der Waals surface area (Å²) in [6.07, 6.45) is 5.32. The zero-order valence-corrected chi connectivity index (χ0v) is 12.5. The first-order valence-corrected chi connectivity index (χ1v) is 7.61. The van der Waals surface area contributed by atoms with Gasteiger partial charge in [-0.3, -0.25) is 0 Å². The van der Waals surface area contributed by atoms with Crippen LogP contribution in [-0.2, 0) is 12.0 Å². The number of nitrogens with one attached hydrogen (secondary N) is 1. The van der Waals surface area contributed by atoms with Gasteiger partial charge in [-0.2, -0.15) is 0 Å². The lowest BCUT2D eigenvalue weighted by Gasteiger charge is -2.35. The summed E-state index contributed by atoms with van der Waals surface area (Å²) in [5, 5.41) is 13.5. The van der Waals surface area contributed by atoms with Gasteiger partial charge in [-0.15, -0.1) is 0 Å². The minimum atomic E-state index is -0.415. The molecule has 2 aliphatic heterocycles. The predicted octanol–water partition coefficient (Wildman–Crippen LogP) is 1.82. The average molecular weight is 287 g/mol. The molecular weight excluding hydrogens is 266 g/mol. The quantitative estimate of drug-likeness (QED) is 0.774. The van der Waals surface area contributed by atoms with Crippen LogP contribution >= 0.6 is 0 Å². The third-order valence-corrected chi connectivity index (χ3v) is 5.11. The van der Waals surface area contributed by atoms with E-state index in [0.717, 1.165) is 36.6 Å². The summed E-state index contributed by atoms with van der Waals surface area (Å²) in [4.78, 5) is 0. The van der Waals surface area contributed by atoms with Gasteiger partial charge < -0.3 is 19.9 Å². The number of aliphatic hydroxyl groups excluding tert-OH is 1. The number of ether oxygens (including phenoxy) is 2. The van der Waals surface area contributed by atoms with Crippen LogP contribution in [0, 0.1) is 6.92 Å². The van der Waals surface area contributed by atoms with Crippen LogP contribution in [0.15, 0.2) is 18.2 Å². The molecule has 21 heavy (non-hydrogen) atoms. The van der Waals surface area contributed by atoms with Crippen molar-refractivity contribution < 1.29 is 14.6 Å². The Balaban J connectivity index is 1.99. The van der Waals surface area contributed by atoms with E-state index in [1.54, 1.807) is 7.11 Å². The molecule has 3 atom stereocenters. The molecule has 112 valence electrons. The van der Waals surface area contributed by atoms with Crippen molar-refractivity contribution in [2.75, 3.05) is 13.7 Å². The molecule has 0 amide bonds. The van der Waals surface area contributed by atoms with E-state index in [9.17, 15) is 5.11 Å². The number of hydrogen-bond donors (Lipinski definition) is 2. The Kier molecular flexibility index (Phi) is 2.81. The average Bonchev–Trinajstić information content (AvgIpc) is 2.66. The zero-order chi connectivity index (χ0) is 14.6. The lowest BCUT2D eigenvalue weighted by atomic mass is 9.69. The maximum Gasteiger partial charge on any atom is 0.166 e. The van der Waals surface area contributed by atoms with Crippen molar-refractivity contribution in [1.82, 2.24) is 5.32 Å². The summed E-state index contributed by atoms with van der Waals surface area (Å²) in [7, 11) is 1.70. The fraction of sp³-hybridized carbons (Fsp3) is 0.529. The van der Waals surface area contributed by atoms with Crippen molar-refractivity contribution in [3.8, 4) is 11.5 Å². The minimum absolute atomic E-state index is 0.00171. The molecular formula is C17H21NO3. The van der Waals surface area contributed by atoms with Crippen LogP contribution in [0.2, 0.25) is 0 Å². The smallest absolute Gasteiger partial charge is 0.166 e. The summed E-state index contributed by atoms with van der Waals surface area (Å²) < 4.78 is 11.9. The molecule has 2 heterocycles. The van der Waals surface area contributed by atoms with Crippen molar-refractivity contribution in [1.29, 1.82) is 0 Å². The first-order valence-electron chi connectivity index (χ1n) is 7.61. The van der Waals surface area contributed by atoms with Crippen molar-refractivity contribution in [2.24, 2.45) is 0 Å². The van der Waals surface area contributed by atoms with Gasteiger partial charge in [0.25, 0.3) is 0 Å². The Bertz CT molecular complexity index is 625. The van der Waals surface area contributed by atoms with Gasteiger partial charge in [0.15, 0.2) is 11.5 Å². The molecule has 1 spiro atoms. The molecule has 3 aliphatic rings. The standard InChI is InChI=1S/C17H21NO3/c1-10-7-11-9-18-6-5-17-4-3-12(19)8-13(17)21-16(14(11)17)15(10)20-2/h3-4,7,12-13,18-19H,5-6,8-9H2,1-2H3/t12-,13-,17-/m0/s1. The first kappa shape index (κ1) is 13.2. The number of rotatable bonds is 1. The molecule has 0 unspecified atom stereocenters. The van der Waals surface area contributed by atoms with Crippen molar-refractivity contribution >= 4 is 0 Å². The second-order valence-corrected chi connectivity index (χ2v) is 6.33. The van der Waals surface area contributed by atoms with Gasteiger partial charge >= 0.3 is 0 Å². The summed E-state index contributed by atoms with van der Waals surface area (Å²) in [6, 6.07) is 2.21. The molecule has 0 bridgehead atoms. The van der Waals surface area contributed by atoms with E-state index in [1.807, 2.05) is 6.08 Å². The van der Waals surface area contributed by atoms with E-state index in [0.29, 0.717) is 6.42 Å². The van der Waals surface area contributed by atoms with Crippen LogP contribution < -0.4 is 14.8 Å². The minimum Gasteiger partial charge on any atom is -0.493 e. The van der Waals surface area contributed by atoms with Crippen LogP contribution in [0.25, 0.3) is 0 Å². The highest BCUT2D eigenvalue weighted by Gasteiger charge is 2.52. The first-order chi connectivity index (χ1) is 10.2. The summed E-state index contributed by atoms with van der Waals surface area (Å²) in [6.45, 7) is 3.88. The maximum absolute atomic E-state index is 9.97. The second-order valence-electron chi connectivity index (χ2n) is 6.33. The largest absolute Gasteiger partial charge is 0.493 e. The molecule has 0 radical (unpaired) electrons. The highest BCUT2D eigenvalue weighted by molar-refractivity contribution is 5.63. The molecule has 2 N–H and O–H groups in total. The molecule has 0 fully saturated rings. The van der Waals surface area contributed by atoms with Gasteiger partial charge in [0.05, 0.1) is 18.6 Å². The maximum atomic E-state index is 9.97. The van der Waals surface area contributed by atoms with Gasteiger partial charge in [-0.05, 0) is 31.0 Å². The molecule has 1 aliphatic carbocycles.